The second-order valence-corrected chi connectivity index (χ2v) is 3.67. The van der Waals surface area contributed by atoms with E-state index in [1.54, 1.807) is 0 Å². The van der Waals surface area contributed by atoms with Gasteiger partial charge in [0.1, 0.15) is 11.5 Å². The molecule has 3 nitrogen and oxygen atoms in total. The van der Waals surface area contributed by atoms with Gasteiger partial charge in [-0.1, -0.05) is 11.6 Å². The van der Waals surface area contributed by atoms with Crippen LogP contribution in [0.15, 0.2) is 6.33 Å². The molecule has 0 N–H and O–H groups in total. The van der Waals surface area contributed by atoms with Crippen molar-refractivity contribution in [2.24, 2.45) is 0 Å². The Labute approximate surface area is 87.2 Å². The van der Waals surface area contributed by atoms with Gasteiger partial charge < -0.3 is 0 Å². The largest absolute Gasteiger partial charge is 0.233 e. The Morgan fingerprint density at radius 1 is 1.07 bits per heavy atom. The summed E-state index contributed by atoms with van der Waals surface area (Å²) in [7, 11) is 0. The number of hydrogen-bond donors (Lipinski definition) is 0. The first-order valence-electron chi connectivity index (χ1n) is 4.35. The maximum atomic E-state index is 6.00. The average Bonchev–Trinajstić information content (AvgIpc) is 2.14. The predicted octanol–water partition coefficient (Wildman–Crippen LogP) is 2.60. The van der Waals surface area contributed by atoms with Gasteiger partial charge in [0, 0.05) is 5.69 Å². The van der Waals surface area contributed by atoms with Crippen molar-refractivity contribution in [3.8, 4) is 0 Å². The van der Waals surface area contributed by atoms with Crippen LogP contribution in [0.5, 0.6) is 0 Å². The molecule has 0 atom stereocenters. The van der Waals surface area contributed by atoms with Gasteiger partial charge in [-0.25, -0.2) is 15.0 Å². The molecule has 0 aliphatic rings. The summed E-state index contributed by atoms with van der Waals surface area (Å²) in [5.74, 6) is 0. The lowest BCUT2D eigenvalue weighted by Crippen LogP contribution is -1.97. The summed E-state index contributed by atoms with van der Waals surface area (Å²) in [5, 5.41) is 1.33. The number of fused-ring (bicyclic) bond motifs is 1. The van der Waals surface area contributed by atoms with Crippen molar-refractivity contribution in [1.29, 1.82) is 0 Å². The maximum Gasteiger partial charge on any atom is 0.164 e. The molecule has 0 aliphatic heterocycles. The molecule has 2 aromatic rings. The van der Waals surface area contributed by atoms with Crippen molar-refractivity contribution in [2.45, 2.75) is 20.8 Å². The second kappa shape index (κ2) is 3.17. The minimum absolute atomic E-state index is 0.475. The smallest absolute Gasteiger partial charge is 0.164 e. The molecule has 0 saturated carbocycles. The normalized spacial score (nSPS) is 10.9. The molecule has 4 heteroatoms. The molecule has 0 aliphatic carbocycles. The number of nitrogens with zero attached hydrogens (tertiary/aromatic N) is 3. The summed E-state index contributed by atoms with van der Waals surface area (Å²) in [6.07, 6.45) is 1.44. The van der Waals surface area contributed by atoms with Gasteiger partial charge in [-0.05, 0) is 31.9 Å². The number of hydrogen-bond acceptors (Lipinski definition) is 3. The topological polar surface area (TPSA) is 38.7 Å². The molecule has 0 spiro atoms. The Morgan fingerprint density at radius 3 is 2.50 bits per heavy atom. The fourth-order valence-corrected chi connectivity index (χ4v) is 1.73. The summed E-state index contributed by atoms with van der Waals surface area (Å²) in [5.41, 5.74) is 3.92. The lowest BCUT2D eigenvalue weighted by atomic mass is 10.1. The van der Waals surface area contributed by atoms with Crippen molar-refractivity contribution in [3.05, 3.63) is 28.3 Å². The van der Waals surface area contributed by atoms with E-state index in [-0.39, 0.29) is 0 Å². The molecule has 0 bridgehead atoms. The van der Waals surface area contributed by atoms with Crippen LogP contribution in [0.25, 0.3) is 11.0 Å². The summed E-state index contributed by atoms with van der Waals surface area (Å²) >= 11 is 6.00. The highest BCUT2D eigenvalue weighted by Crippen LogP contribution is 2.25. The molecule has 0 fully saturated rings. The zero-order chi connectivity index (χ0) is 10.3. The molecule has 14 heavy (non-hydrogen) atoms. The van der Waals surface area contributed by atoms with Gasteiger partial charge in [-0.3, -0.25) is 0 Å². The summed E-state index contributed by atoms with van der Waals surface area (Å²) in [6, 6.07) is 0. The number of halogens is 1. The summed E-state index contributed by atoms with van der Waals surface area (Å²) in [4.78, 5) is 12.4. The van der Waals surface area contributed by atoms with Crippen LogP contribution in [0.4, 0.5) is 0 Å². The fraction of sp³-hybridized carbons (Fsp3) is 0.300. The van der Waals surface area contributed by atoms with Crippen LogP contribution in [-0.2, 0) is 0 Å². The molecule has 0 aromatic carbocycles. The van der Waals surface area contributed by atoms with Gasteiger partial charge in [0.2, 0.25) is 0 Å². The van der Waals surface area contributed by atoms with Crippen molar-refractivity contribution < 1.29 is 0 Å². The number of pyridine rings is 1. The zero-order valence-corrected chi connectivity index (χ0v) is 9.05. The van der Waals surface area contributed by atoms with Crippen molar-refractivity contribution >= 4 is 22.6 Å². The highest BCUT2D eigenvalue weighted by atomic mass is 35.5. The number of rotatable bonds is 0. The molecule has 0 radical (unpaired) electrons. The first-order chi connectivity index (χ1) is 6.61. The third-order valence-electron chi connectivity index (χ3n) is 2.53. The second-order valence-electron chi connectivity index (χ2n) is 3.31. The van der Waals surface area contributed by atoms with Gasteiger partial charge in [0.25, 0.3) is 0 Å². The lowest BCUT2D eigenvalue weighted by Gasteiger charge is -2.07. The van der Waals surface area contributed by atoms with Gasteiger partial charge >= 0.3 is 0 Å². The Kier molecular flexibility index (Phi) is 2.11. The van der Waals surface area contributed by atoms with Crippen LogP contribution in [-0.4, -0.2) is 15.0 Å². The minimum atomic E-state index is 0.475. The molecule has 2 heterocycles. The van der Waals surface area contributed by atoms with Crippen LogP contribution < -0.4 is 0 Å². The van der Waals surface area contributed by atoms with Crippen LogP contribution >= 0.6 is 11.6 Å². The van der Waals surface area contributed by atoms with E-state index in [1.165, 1.54) is 6.33 Å². The molecular weight excluding hydrogens is 198 g/mol. The molecule has 0 saturated heterocycles. The van der Waals surface area contributed by atoms with Gasteiger partial charge in [-0.2, -0.15) is 0 Å². The average molecular weight is 208 g/mol. The standard InChI is InChI=1S/C10H10ClN3/c1-5-6(2)8-9(11)12-4-13-10(8)14-7(5)3/h4H,1-3H3. The lowest BCUT2D eigenvalue weighted by molar-refractivity contribution is 1.11. The molecule has 2 rings (SSSR count). The Bertz CT molecular complexity index is 508. The van der Waals surface area contributed by atoms with Gasteiger partial charge in [-0.15, -0.1) is 0 Å². The predicted molar refractivity (Wildman–Crippen MR) is 56.6 cm³/mol. The van der Waals surface area contributed by atoms with E-state index in [2.05, 4.69) is 15.0 Å². The van der Waals surface area contributed by atoms with E-state index in [4.69, 9.17) is 11.6 Å². The van der Waals surface area contributed by atoms with Gasteiger partial charge in [0.15, 0.2) is 5.65 Å². The molecule has 0 amide bonds. The third kappa shape index (κ3) is 1.24. The van der Waals surface area contributed by atoms with Crippen molar-refractivity contribution in [2.75, 3.05) is 0 Å². The fourth-order valence-electron chi connectivity index (χ4n) is 1.46. The van der Waals surface area contributed by atoms with Crippen LogP contribution in [0, 0.1) is 20.8 Å². The molecular formula is C10H10ClN3. The van der Waals surface area contributed by atoms with E-state index in [1.807, 2.05) is 20.8 Å². The van der Waals surface area contributed by atoms with Gasteiger partial charge in [0.05, 0.1) is 5.39 Å². The first kappa shape index (κ1) is 9.34. The Morgan fingerprint density at radius 2 is 1.79 bits per heavy atom. The molecule has 0 unspecified atom stereocenters. The highest BCUT2D eigenvalue weighted by Gasteiger charge is 2.09. The Balaban J connectivity index is 2.99. The van der Waals surface area contributed by atoms with Crippen molar-refractivity contribution in [1.82, 2.24) is 15.0 Å². The van der Waals surface area contributed by atoms with E-state index in [0.717, 1.165) is 22.2 Å². The number of aromatic nitrogens is 3. The Hall–Kier alpha value is -1.22. The van der Waals surface area contributed by atoms with E-state index >= 15 is 0 Å². The SMILES string of the molecule is Cc1nc2ncnc(Cl)c2c(C)c1C. The van der Waals surface area contributed by atoms with E-state index in [0.29, 0.717) is 10.8 Å². The molecule has 2 aromatic heterocycles. The summed E-state index contributed by atoms with van der Waals surface area (Å²) < 4.78 is 0. The molecule has 72 valence electrons. The van der Waals surface area contributed by atoms with Crippen LogP contribution in [0.3, 0.4) is 0 Å². The minimum Gasteiger partial charge on any atom is -0.233 e. The van der Waals surface area contributed by atoms with Crippen LogP contribution in [0.2, 0.25) is 5.15 Å². The van der Waals surface area contributed by atoms with E-state index < -0.39 is 0 Å². The quantitative estimate of drug-likeness (QED) is 0.624. The zero-order valence-electron chi connectivity index (χ0n) is 8.30. The summed E-state index contributed by atoms with van der Waals surface area (Å²) in [6.45, 7) is 6.01. The maximum absolute atomic E-state index is 6.00. The first-order valence-corrected chi connectivity index (χ1v) is 4.73. The van der Waals surface area contributed by atoms with Crippen LogP contribution in [0.1, 0.15) is 16.8 Å². The monoisotopic (exact) mass is 207 g/mol. The third-order valence-corrected chi connectivity index (χ3v) is 2.82. The number of aryl methyl sites for hydroxylation is 2. The van der Waals surface area contributed by atoms with Crippen molar-refractivity contribution in [3.63, 3.8) is 0 Å². The highest BCUT2D eigenvalue weighted by molar-refractivity contribution is 6.34. The van der Waals surface area contributed by atoms with E-state index in [9.17, 15) is 0 Å².